The fourth-order valence-electron chi connectivity index (χ4n) is 0.569. The van der Waals surface area contributed by atoms with E-state index in [1.54, 1.807) is 6.20 Å². The quantitative estimate of drug-likeness (QED) is 0.480. The molecule has 0 saturated carbocycles. The highest BCUT2D eigenvalue weighted by Crippen LogP contribution is 2.10. The Balaban J connectivity index is 2.83. The fraction of sp³-hybridized carbons (Fsp3) is 0.167. The zero-order chi connectivity index (χ0) is 7.40. The van der Waals surface area contributed by atoms with Crippen LogP contribution < -0.4 is 0 Å². The largest absolute Gasteiger partial charge is 0.261 e. The number of nitrogens with zero attached hydrogens (tertiary/aromatic N) is 3. The molecule has 1 aromatic heterocycles. The van der Waals surface area contributed by atoms with Gasteiger partial charge in [-0.2, -0.15) is 5.10 Å². The van der Waals surface area contributed by atoms with Gasteiger partial charge in [-0.25, -0.2) is 4.99 Å². The lowest BCUT2D eigenvalue weighted by Gasteiger charge is -1.83. The first kappa shape index (κ1) is 6.67. The van der Waals surface area contributed by atoms with Crippen LogP contribution in [0.15, 0.2) is 16.2 Å². The normalized spacial score (nSPS) is 10.5. The lowest BCUT2D eigenvalue weighted by atomic mass is 10.4. The van der Waals surface area contributed by atoms with Crippen molar-refractivity contribution in [1.29, 1.82) is 0 Å². The van der Waals surface area contributed by atoms with Crippen molar-refractivity contribution >= 4 is 18.9 Å². The van der Waals surface area contributed by atoms with E-state index in [9.17, 15) is 0 Å². The summed E-state index contributed by atoms with van der Waals surface area (Å²) in [6.45, 7) is 5.17. The molecule has 4 nitrogen and oxygen atoms in total. The molecule has 0 atom stereocenters. The van der Waals surface area contributed by atoms with Crippen molar-refractivity contribution in [3.63, 3.8) is 0 Å². The number of hydrogen-bond donors (Lipinski definition) is 1. The topological polar surface area (TPSA) is 53.4 Å². The minimum absolute atomic E-state index is 0.729. The maximum Gasteiger partial charge on any atom is 0.152 e. The number of aromatic nitrogens is 2. The fourth-order valence-corrected chi connectivity index (χ4v) is 0.569. The van der Waals surface area contributed by atoms with Gasteiger partial charge in [0.1, 0.15) is 6.34 Å². The molecule has 0 aromatic carbocycles. The van der Waals surface area contributed by atoms with Gasteiger partial charge < -0.3 is 0 Å². The van der Waals surface area contributed by atoms with E-state index in [1.165, 1.54) is 6.34 Å². The van der Waals surface area contributed by atoms with Gasteiger partial charge in [0.25, 0.3) is 0 Å². The molecular weight excluding hydrogens is 128 g/mol. The summed E-state index contributed by atoms with van der Waals surface area (Å²) in [5.74, 6) is 0.729. The van der Waals surface area contributed by atoms with Crippen LogP contribution in [-0.2, 0) is 0 Å². The van der Waals surface area contributed by atoms with Crippen LogP contribution in [0.1, 0.15) is 5.56 Å². The zero-order valence-corrected chi connectivity index (χ0v) is 5.70. The smallest absolute Gasteiger partial charge is 0.152 e. The molecule has 1 aromatic rings. The zero-order valence-electron chi connectivity index (χ0n) is 5.70. The van der Waals surface area contributed by atoms with E-state index in [2.05, 4.69) is 26.9 Å². The second-order valence-electron chi connectivity index (χ2n) is 1.83. The molecule has 1 N–H and O–H groups in total. The molecule has 0 aliphatic heterocycles. The molecule has 1 heterocycles. The maximum atomic E-state index is 3.91. The molecule has 0 fully saturated rings. The van der Waals surface area contributed by atoms with Gasteiger partial charge >= 0.3 is 0 Å². The van der Waals surface area contributed by atoms with E-state index < -0.39 is 0 Å². The predicted octanol–water partition coefficient (Wildman–Crippen LogP) is 1.08. The van der Waals surface area contributed by atoms with Gasteiger partial charge in [0.05, 0.1) is 6.20 Å². The molecule has 0 spiro atoms. The Kier molecular flexibility index (Phi) is 1.94. The molecule has 0 saturated heterocycles. The summed E-state index contributed by atoms with van der Waals surface area (Å²) >= 11 is 0. The lowest BCUT2D eigenvalue weighted by Crippen LogP contribution is -1.68. The van der Waals surface area contributed by atoms with E-state index >= 15 is 0 Å². The first-order chi connectivity index (χ1) is 4.84. The second-order valence-corrected chi connectivity index (χ2v) is 1.83. The van der Waals surface area contributed by atoms with Crippen molar-refractivity contribution in [2.75, 3.05) is 0 Å². The summed E-state index contributed by atoms with van der Waals surface area (Å²) in [5.41, 5.74) is 1.000. The van der Waals surface area contributed by atoms with Gasteiger partial charge in [-0.15, -0.1) is 0 Å². The minimum atomic E-state index is 0.729. The van der Waals surface area contributed by atoms with Crippen LogP contribution >= 0.6 is 0 Å². The third kappa shape index (κ3) is 1.28. The Morgan fingerprint density at radius 2 is 2.60 bits per heavy atom. The average Bonchev–Trinajstić information content (AvgIpc) is 2.31. The third-order valence-electron chi connectivity index (χ3n) is 1.07. The minimum Gasteiger partial charge on any atom is -0.261 e. The van der Waals surface area contributed by atoms with Gasteiger partial charge in [0.15, 0.2) is 5.82 Å². The molecule has 0 aliphatic carbocycles. The van der Waals surface area contributed by atoms with Crippen molar-refractivity contribution in [3.8, 4) is 0 Å². The Bertz CT molecular complexity index is 248. The molecule has 1 rings (SSSR count). The van der Waals surface area contributed by atoms with Gasteiger partial charge in [0, 0.05) is 5.56 Å². The van der Waals surface area contributed by atoms with Crippen molar-refractivity contribution in [2.24, 2.45) is 9.98 Å². The number of hydrogen-bond acceptors (Lipinski definition) is 2. The highest BCUT2D eigenvalue weighted by molar-refractivity contribution is 5.65. The third-order valence-corrected chi connectivity index (χ3v) is 1.07. The van der Waals surface area contributed by atoms with Gasteiger partial charge in [-0.05, 0) is 13.6 Å². The number of nitrogens with one attached hydrogen (secondary N) is 1. The van der Waals surface area contributed by atoms with Gasteiger partial charge in [-0.1, -0.05) is 0 Å². The van der Waals surface area contributed by atoms with Gasteiger partial charge in [0.2, 0.25) is 0 Å². The van der Waals surface area contributed by atoms with Crippen LogP contribution in [0.5, 0.6) is 0 Å². The Hall–Kier alpha value is -1.45. The predicted molar refractivity (Wildman–Crippen MR) is 41.0 cm³/mol. The average molecular weight is 136 g/mol. The standard InChI is InChI=1S/C6H8N4/c1-5-3-9-10-6(5)8-4-7-2/h3-4H,2H2,1H3,(H,9,10)/b8-4-. The summed E-state index contributed by atoms with van der Waals surface area (Å²) in [6, 6.07) is 0. The van der Waals surface area contributed by atoms with Crippen LogP contribution in [0.4, 0.5) is 5.82 Å². The number of aliphatic imine (C=N–C) groups is 2. The van der Waals surface area contributed by atoms with Crippen LogP contribution in [0, 0.1) is 6.92 Å². The first-order valence-electron chi connectivity index (χ1n) is 2.83. The van der Waals surface area contributed by atoms with E-state index in [4.69, 9.17) is 0 Å². The monoisotopic (exact) mass is 136 g/mol. The van der Waals surface area contributed by atoms with Crippen LogP contribution in [0.25, 0.3) is 0 Å². The first-order valence-corrected chi connectivity index (χ1v) is 2.83. The molecular formula is C6H8N4. The maximum absolute atomic E-state index is 3.91. The van der Waals surface area contributed by atoms with Gasteiger partial charge in [-0.3, -0.25) is 10.1 Å². The second kappa shape index (κ2) is 2.91. The van der Waals surface area contributed by atoms with Crippen molar-refractivity contribution in [2.45, 2.75) is 6.92 Å². The Morgan fingerprint density at radius 3 is 3.10 bits per heavy atom. The Labute approximate surface area is 58.7 Å². The van der Waals surface area contributed by atoms with E-state index in [0.29, 0.717) is 0 Å². The molecule has 0 aliphatic rings. The molecule has 0 radical (unpaired) electrons. The van der Waals surface area contributed by atoms with E-state index in [1.807, 2.05) is 6.92 Å². The molecule has 0 amide bonds. The van der Waals surface area contributed by atoms with E-state index in [-0.39, 0.29) is 0 Å². The van der Waals surface area contributed by atoms with Crippen molar-refractivity contribution < 1.29 is 0 Å². The molecule has 52 valence electrons. The van der Waals surface area contributed by atoms with Crippen LogP contribution in [-0.4, -0.2) is 23.3 Å². The van der Waals surface area contributed by atoms with E-state index in [0.717, 1.165) is 11.4 Å². The summed E-state index contributed by atoms with van der Waals surface area (Å²) < 4.78 is 0. The summed E-state index contributed by atoms with van der Waals surface area (Å²) in [5, 5.41) is 6.48. The summed E-state index contributed by atoms with van der Waals surface area (Å²) in [6.07, 6.45) is 3.08. The Morgan fingerprint density at radius 1 is 1.80 bits per heavy atom. The van der Waals surface area contributed by atoms with Crippen molar-refractivity contribution in [1.82, 2.24) is 10.2 Å². The number of H-pyrrole nitrogens is 1. The summed E-state index contributed by atoms with van der Waals surface area (Å²) in [4.78, 5) is 7.37. The highest BCUT2D eigenvalue weighted by Gasteiger charge is 1.93. The van der Waals surface area contributed by atoms with Crippen molar-refractivity contribution in [3.05, 3.63) is 11.8 Å². The number of aryl methyl sites for hydroxylation is 1. The number of aromatic amines is 1. The molecule has 0 bridgehead atoms. The number of rotatable bonds is 2. The SMILES string of the molecule is C=N/C=N\c1[nH]ncc1C. The summed E-state index contributed by atoms with van der Waals surface area (Å²) in [7, 11) is 0. The molecule has 4 heteroatoms. The highest BCUT2D eigenvalue weighted by atomic mass is 15.2. The molecule has 0 unspecified atom stereocenters. The van der Waals surface area contributed by atoms with Crippen LogP contribution in [0.2, 0.25) is 0 Å². The molecule has 10 heavy (non-hydrogen) atoms. The van der Waals surface area contributed by atoms with Crippen LogP contribution in [0.3, 0.4) is 0 Å². The lowest BCUT2D eigenvalue weighted by molar-refractivity contribution is 1.08.